The van der Waals surface area contributed by atoms with E-state index in [1.807, 2.05) is 6.07 Å². The summed E-state index contributed by atoms with van der Waals surface area (Å²) in [6, 6.07) is 12.3. The highest BCUT2D eigenvalue weighted by molar-refractivity contribution is 6.43. The molecule has 26 heavy (non-hydrogen) atoms. The molecule has 0 bridgehead atoms. The molecule has 0 aliphatic carbocycles. The zero-order valence-corrected chi connectivity index (χ0v) is 15.2. The molecular weight excluding hydrogens is 375 g/mol. The van der Waals surface area contributed by atoms with Gasteiger partial charge in [0.2, 0.25) is 5.95 Å². The van der Waals surface area contributed by atoms with E-state index in [0.29, 0.717) is 38.7 Å². The van der Waals surface area contributed by atoms with Gasteiger partial charge >= 0.3 is 0 Å². The number of hydrogen-bond donors (Lipinski definition) is 2. The van der Waals surface area contributed by atoms with Gasteiger partial charge in [0.15, 0.2) is 0 Å². The Bertz CT molecular complexity index is 933. The third-order valence-corrected chi connectivity index (χ3v) is 4.29. The minimum atomic E-state index is -0.346. The first-order valence-corrected chi connectivity index (χ1v) is 8.31. The lowest BCUT2D eigenvalue weighted by Gasteiger charge is -2.10. The van der Waals surface area contributed by atoms with Gasteiger partial charge in [-0.1, -0.05) is 41.4 Å². The van der Waals surface area contributed by atoms with E-state index in [-0.39, 0.29) is 5.91 Å². The maximum absolute atomic E-state index is 12.3. The van der Waals surface area contributed by atoms with Crippen molar-refractivity contribution in [2.24, 2.45) is 0 Å². The summed E-state index contributed by atoms with van der Waals surface area (Å²) in [5.41, 5.74) is 1.44. The van der Waals surface area contributed by atoms with Crippen LogP contribution < -0.4 is 15.4 Å². The first-order valence-electron chi connectivity index (χ1n) is 7.56. The Morgan fingerprint density at radius 3 is 2.42 bits per heavy atom. The SMILES string of the molecule is COc1ccccc1NC(=O)c1cnc(Nc2cccc(Cl)c2Cl)nc1. The normalized spacial score (nSPS) is 10.3. The van der Waals surface area contributed by atoms with Gasteiger partial charge in [-0.15, -0.1) is 0 Å². The summed E-state index contributed by atoms with van der Waals surface area (Å²) >= 11 is 12.1. The van der Waals surface area contributed by atoms with E-state index in [9.17, 15) is 4.79 Å². The smallest absolute Gasteiger partial charge is 0.258 e. The quantitative estimate of drug-likeness (QED) is 0.656. The molecule has 0 radical (unpaired) electrons. The van der Waals surface area contributed by atoms with Crippen molar-refractivity contribution in [1.29, 1.82) is 0 Å². The fourth-order valence-corrected chi connectivity index (χ4v) is 2.52. The summed E-state index contributed by atoms with van der Waals surface area (Å²) in [5.74, 6) is 0.514. The maximum Gasteiger partial charge on any atom is 0.258 e. The Labute approximate surface area is 160 Å². The van der Waals surface area contributed by atoms with Crippen LogP contribution in [0.5, 0.6) is 5.75 Å². The Balaban J connectivity index is 1.73. The molecule has 0 saturated carbocycles. The number of carbonyl (C=O) groups excluding carboxylic acids is 1. The van der Waals surface area contributed by atoms with Gasteiger partial charge in [0.25, 0.3) is 5.91 Å². The van der Waals surface area contributed by atoms with Crippen LogP contribution >= 0.6 is 23.2 Å². The predicted molar refractivity (Wildman–Crippen MR) is 103 cm³/mol. The average molecular weight is 389 g/mol. The van der Waals surface area contributed by atoms with Gasteiger partial charge in [0, 0.05) is 12.4 Å². The van der Waals surface area contributed by atoms with Crippen LogP contribution in [0.2, 0.25) is 10.0 Å². The Morgan fingerprint density at radius 2 is 1.69 bits per heavy atom. The lowest BCUT2D eigenvalue weighted by atomic mass is 10.2. The highest BCUT2D eigenvalue weighted by Gasteiger charge is 2.11. The number of carbonyl (C=O) groups is 1. The van der Waals surface area contributed by atoms with Gasteiger partial charge < -0.3 is 15.4 Å². The molecule has 0 aliphatic heterocycles. The van der Waals surface area contributed by atoms with Crippen molar-refractivity contribution in [3.63, 3.8) is 0 Å². The molecule has 0 unspecified atom stereocenters. The number of halogens is 2. The molecule has 3 rings (SSSR count). The number of benzene rings is 2. The van der Waals surface area contributed by atoms with Crippen molar-refractivity contribution < 1.29 is 9.53 Å². The molecule has 6 nitrogen and oxygen atoms in total. The number of methoxy groups -OCH3 is 1. The van der Waals surface area contributed by atoms with Crippen LogP contribution in [-0.4, -0.2) is 23.0 Å². The molecule has 3 aromatic rings. The molecule has 0 spiro atoms. The molecule has 132 valence electrons. The largest absolute Gasteiger partial charge is 0.495 e. The summed E-state index contributed by atoms with van der Waals surface area (Å²) in [6.45, 7) is 0. The zero-order chi connectivity index (χ0) is 18.5. The van der Waals surface area contributed by atoms with Crippen molar-refractivity contribution in [3.8, 4) is 5.75 Å². The van der Waals surface area contributed by atoms with Gasteiger partial charge in [-0.25, -0.2) is 9.97 Å². The second-order valence-electron chi connectivity index (χ2n) is 5.18. The fourth-order valence-electron chi connectivity index (χ4n) is 2.17. The topological polar surface area (TPSA) is 76.1 Å². The number of rotatable bonds is 5. The van der Waals surface area contributed by atoms with E-state index in [1.165, 1.54) is 19.5 Å². The lowest BCUT2D eigenvalue weighted by molar-refractivity contribution is 0.102. The van der Waals surface area contributed by atoms with Gasteiger partial charge in [-0.05, 0) is 24.3 Å². The Kier molecular flexibility index (Phi) is 5.55. The second-order valence-corrected chi connectivity index (χ2v) is 5.96. The van der Waals surface area contributed by atoms with Crippen molar-refractivity contribution in [2.45, 2.75) is 0 Å². The van der Waals surface area contributed by atoms with Crippen LogP contribution in [0, 0.1) is 0 Å². The number of para-hydroxylation sites is 2. The minimum Gasteiger partial charge on any atom is -0.495 e. The van der Waals surface area contributed by atoms with Crippen molar-refractivity contribution >= 4 is 46.4 Å². The van der Waals surface area contributed by atoms with Crippen molar-refractivity contribution in [1.82, 2.24) is 9.97 Å². The van der Waals surface area contributed by atoms with E-state index >= 15 is 0 Å². The van der Waals surface area contributed by atoms with Crippen LogP contribution in [0.4, 0.5) is 17.3 Å². The molecular formula is C18H14Cl2N4O2. The first-order chi connectivity index (χ1) is 12.6. The van der Waals surface area contributed by atoms with Gasteiger partial charge in [0.05, 0.1) is 34.1 Å². The first kappa shape index (κ1) is 18.0. The van der Waals surface area contributed by atoms with Crippen LogP contribution in [0.25, 0.3) is 0 Å². The standard InChI is InChI=1S/C18H14Cl2N4O2/c1-26-15-8-3-2-6-13(15)23-17(25)11-9-21-18(22-10-11)24-14-7-4-5-12(19)16(14)20/h2-10H,1H3,(H,23,25)(H,21,22,24). The number of aromatic nitrogens is 2. The monoisotopic (exact) mass is 388 g/mol. The van der Waals surface area contributed by atoms with E-state index in [4.69, 9.17) is 27.9 Å². The molecule has 1 aromatic heterocycles. The second kappa shape index (κ2) is 8.03. The van der Waals surface area contributed by atoms with Crippen LogP contribution in [0.1, 0.15) is 10.4 Å². The number of nitrogens with zero attached hydrogens (tertiary/aromatic N) is 2. The van der Waals surface area contributed by atoms with Crippen LogP contribution in [0.3, 0.4) is 0 Å². The maximum atomic E-state index is 12.3. The summed E-state index contributed by atoms with van der Waals surface area (Å²) in [4.78, 5) is 20.6. The molecule has 1 amide bonds. The number of anilines is 3. The molecule has 0 aliphatic rings. The van der Waals surface area contributed by atoms with Gasteiger partial charge in [-0.3, -0.25) is 4.79 Å². The highest BCUT2D eigenvalue weighted by Crippen LogP contribution is 2.30. The summed E-state index contributed by atoms with van der Waals surface area (Å²) < 4.78 is 5.21. The molecule has 2 aromatic carbocycles. The van der Waals surface area contributed by atoms with Crippen LogP contribution in [0.15, 0.2) is 54.9 Å². The van der Waals surface area contributed by atoms with Crippen LogP contribution in [-0.2, 0) is 0 Å². The van der Waals surface area contributed by atoms with Gasteiger partial charge in [0.1, 0.15) is 5.75 Å². The van der Waals surface area contributed by atoms with E-state index in [0.717, 1.165) is 0 Å². The van der Waals surface area contributed by atoms with Crippen molar-refractivity contribution in [3.05, 3.63) is 70.5 Å². The summed E-state index contributed by atoms with van der Waals surface area (Å²) in [5, 5.41) is 6.51. The highest BCUT2D eigenvalue weighted by atomic mass is 35.5. The summed E-state index contributed by atoms with van der Waals surface area (Å²) in [6.07, 6.45) is 2.83. The number of ether oxygens (including phenoxy) is 1. The fraction of sp³-hybridized carbons (Fsp3) is 0.0556. The summed E-state index contributed by atoms with van der Waals surface area (Å²) in [7, 11) is 1.54. The Hall–Kier alpha value is -2.83. The molecule has 2 N–H and O–H groups in total. The predicted octanol–water partition coefficient (Wildman–Crippen LogP) is 4.79. The third kappa shape index (κ3) is 4.04. The minimum absolute atomic E-state index is 0.294. The van der Waals surface area contributed by atoms with Crippen molar-refractivity contribution in [2.75, 3.05) is 17.7 Å². The number of nitrogens with one attached hydrogen (secondary N) is 2. The number of hydrogen-bond acceptors (Lipinski definition) is 5. The molecule has 0 fully saturated rings. The average Bonchev–Trinajstić information content (AvgIpc) is 2.66. The molecule has 0 saturated heterocycles. The van der Waals surface area contributed by atoms with E-state index < -0.39 is 0 Å². The number of amides is 1. The van der Waals surface area contributed by atoms with E-state index in [1.54, 1.807) is 36.4 Å². The lowest BCUT2D eigenvalue weighted by Crippen LogP contribution is -2.13. The molecule has 8 heteroatoms. The zero-order valence-electron chi connectivity index (χ0n) is 13.7. The van der Waals surface area contributed by atoms with E-state index in [2.05, 4.69) is 20.6 Å². The third-order valence-electron chi connectivity index (χ3n) is 3.47. The molecule has 1 heterocycles. The molecule has 0 atom stereocenters. The van der Waals surface area contributed by atoms with Gasteiger partial charge in [-0.2, -0.15) is 0 Å². The Morgan fingerprint density at radius 1 is 1.00 bits per heavy atom.